The number of rotatable bonds is 14. The second-order valence-corrected chi connectivity index (χ2v) is 24.5. The fraction of sp³-hybridized carbons (Fsp3) is 0.0882. The second kappa shape index (κ2) is 21.6. The Kier molecular flexibility index (Phi) is 13.5. The molecule has 2 aliphatic heterocycles. The number of carbonyl (C=O) groups is 8. The van der Waals surface area contributed by atoms with E-state index in [9.17, 15) is 19.2 Å². The van der Waals surface area contributed by atoms with Crippen LogP contribution in [-0.4, -0.2) is 47.0 Å². The molecule has 18 heteroatoms. The van der Waals surface area contributed by atoms with Gasteiger partial charge in [-0.05, 0) is 46.5 Å². The monoisotopic (exact) mass is 1210 g/mol. The Balaban J connectivity index is 0.969. The lowest BCUT2D eigenvalue weighted by atomic mass is 9.90. The van der Waals surface area contributed by atoms with Gasteiger partial charge in [0.05, 0.1) is 40.1 Å². The van der Waals surface area contributed by atoms with Gasteiger partial charge in [-0.3, -0.25) is 19.2 Å². The molecule has 14 nitrogen and oxygen atoms in total. The van der Waals surface area contributed by atoms with Crippen LogP contribution in [0.15, 0.2) is 193 Å². The zero-order chi connectivity index (χ0) is 58.8. The van der Waals surface area contributed by atoms with E-state index in [0.717, 1.165) is 45.3 Å². The molecule has 2 aliphatic carbocycles. The van der Waals surface area contributed by atoms with Gasteiger partial charge in [0.1, 0.15) is 26.4 Å². The van der Waals surface area contributed by atoms with Crippen molar-refractivity contribution in [2.24, 2.45) is 0 Å². The number of Topliss-reactive ketones (excluding diaryl/α,β-unsaturated/α-hetero) is 4. The van der Waals surface area contributed by atoms with Crippen LogP contribution in [0.3, 0.4) is 0 Å². The number of thiophene rings is 4. The number of ketones is 4. The van der Waals surface area contributed by atoms with E-state index < -0.39 is 58.2 Å². The smallest absolute Gasteiger partial charge is 0.367 e. The molecule has 86 heavy (non-hydrogen) atoms. The largest absolute Gasteiger partial charge is 0.457 e. The van der Waals surface area contributed by atoms with E-state index in [1.807, 2.05) is 0 Å². The highest BCUT2D eigenvalue weighted by Gasteiger charge is 2.62. The van der Waals surface area contributed by atoms with Gasteiger partial charge in [0.2, 0.25) is 0 Å². The molecule has 6 aromatic carbocycles. The van der Waals surface area contributed by atoms with Gasteiger partial charge < -0.3 is 28.4 Å². The van der Waals surface area contributed by atoms with Gasteiger partial charge in [0.15, 0.2) is 34.6 Å². The Morgan fingerprint density at radius 2 is 0.628 bits per heavy atom. The molecular weight excluding hydrogens is 1170 g/mol. The molecule has 4 aliphatic rings. The van der Waals surface area contributed by atoms with Crippen LogP contribution >= 0.6 is 45.3 Å². The summed E-state index contributed by atoms with van der Waals surface area (Å²) >= 11 is 4.39. The molecule has 0 amide bonds. The summed E-state index contributed by atoms with van der Waals surface area (Å²) in [6.45, 7) is -1.14. The third-order valence-corrected chi connectivity index (χ3v) is 20.0. The van der Waals surface area contributed by atoms with Crippen LogP contribution in [0.25, 0.3) is 41.1 Å². The highest BCUT2D eigenvalue weighted by atomic mass is 32.1. The molecule has 0 atom stereocenters. The number of esters is 4. The SMILES string of the molecule is O=C1C(=Cc2cc3c(s2)-c2sc4c5c(sc4c2OC3(C(=O)OCc2ccccc2)C(=O)OCc2ccccc2)-c2sc(C=C3C(=O)c4ccccc4C3=O)cc2C(C(=O)OCc2ccccc2)(C(=O)OCc2ccccc2)O5)C(=O)c2ccccc21. The number of ether oxygens (including phenoxy) is 6. The molecule has 0 unspecified atom stereocenters. The standard InChI is InChI=1S/C68H40O14S4/c69-51-43-25-13-14-26-44(43)52(70)47(51)29-41-31-49-57(83-41)59-55(81-67(49,63(73)77-33-37-17-5-1-6-18-37)64(74)78-34-38-19-7-2-8-20-38)61-62(85-59)56-60(86-61)58-50(32-42(84-58)30-48-53(71)45-27-15-16-28-46(45)54(48)72)68(82-56,65(75)79-35-39-21-9-3-10-22-39)66(76)80-36-40-23-11-4-12-24-40/h1-32H,33-36H2. The highest BCUT2D eigenvalue weighted by molar-refractivity contribution is 7.35. The van der Waals surface area contributed by atoms with Crippen molar-refractivity contribution in [2.45, 2.75) is 37.6 Å². The van der Waals surface area contributed by atoms with Crippen molar-refractivity contribution >= 4 is 114 Å². The van der Waals surface area contributed by atoms with Crippen molar-refractivity contribution in [1.82, 2.24) is 0 Å². The number of hydrogen-bond donors (Lipinski definition) is 0. The number of hydrogen-bond acceptors (Lipinski definition) is 18. The summed E-state index contributed by atoms with van der Waals surface area (Å²) in [5.74, 6) is -6.55. The molecule has 0 bridgehead atoms. The molecule has 10 aromatic rings. The Morgan fingerprint density at radius 3 is 0.907 bits per heavy atom. The van der Waals surface area contributed by atoms with Gasteiger partial charge in [-0.15, -0.1) is 45.3 Å². The Bertz CT molecular complexity index is 4110. The van der Waals surface area contributed by atoms with Gasteiger partial charge in [-0.1, -0.05) is 170 Å². The fourth-order valence-corrected chi connectivity index (χ4v) is 16.0. The first-order valence-corrected chi connectivity index (χ1v) is 30.1. The first kappa shape index (κ1) is 54.0. The van der Waals surface area contributed by atoms with Crippen molar-refractivity contribution < 1.29 is 66.8 Å². The van der Waals surface area contributed by atoms with Crippen molar-refractivity contribution in [3.63, 3.8) is 0 Å². The normalized spacial score (nSPS) is 14.6. The van der Waals surface area contributed by atoms with Crippen LogP contribution in [-0.2, 0) is 75.8 Å². The molecule has 0 radical (unpaired) electrons. The summed E-state index contributed by atoms with van der Waals surface area (Å²) in [4.78, 5) is 119. The predicted molar refractivity (Wildman–Crippen MR) is 322 cm³/mol. The van der Waals surface area contributed by atoms with Crippen LogP contribution in [0.5, 0.6) is 11.5 Å². The molecular formula is C68H40O14S4. The van der Waals surface area contributed by atoms with Crippen LogP contribution in [0.2, 0.25) is 0 Å². The van der Waals surface area contributed by atoms with E-state index in [4.69, 9.17) is 28.4 Å². The number of carbonyl (C=O) groups excluding carboxylic acids is 8. The summed E-state index contributed by atoms with van der Waals surface area (Å²) in [5.41, 5.74) is -2.36. The maximum Gasteiger partial charge on any atom is 0.367 e. The zero-order valence-corrected chi connectivity index (χ0v) is 47.9. The molecule has 6 heterocycles. The average molecular weight is 1210 g/mol. The van der Waals surface area contributed by atoms with Gasteiger partial charge in [0, 0.05) is 43.1 Å². The third kappa shape index (κ3) is 8.95. The number of fused-ring (bicyclic) bond motifs is 11. The molecule has 0 spiro atoms. The molecule has 0 N–H and O–H groups in total. The lowest BCUT2D eigenvalue weighted by Gasteiger charge is -2.33. The van der Waals surface area contributed by atoms with Crippen molar-refractivity contribution in [3.8, 4) is 31.0 Å². The molecule has 14 rings (SSSR count). The minimum absolute atomic E-state index is 0.00298. The predicted octanol–water partition coefficient (Wildman–Crippen LogP) is 13.5. The molecule has 0 fully saturated rings. The maximum atomic E-state index is 15.4. The molecule has 4 aromatic heterocycles. The van der Waals surface area contributed by atoms with Gasteiger partial charge in [-0.25, -0.2) is 19.2 Å². The Morgan fingerprint density at radius 1 is 0.360 bits per heavy atom. The van der Waals surface area contributed by atoms with Crippen LogP contribution in [0.4, 0.5) is 0 Å². The Hall–Kier alpha value is -9.98. The van der Waals surface area contributed by atoms with Crippen LogP contribution < -0.4 is 9.47 Å². The minimum Gasteiger partial charge on any atom is -0.457 e. The van der Waals surface area contributed by atoms with Crippen LogP contribution in [0, 0.1) is 0 Å². The third-order valence-electron chi connectivity index (χ3n) is 15.0. The molecule has 0 saturated heterocycles. The fourth-order valence-electron chi connectivity index (χ4n) is 10.8. The molecule has 0 saturated carbocycles. The van der Waals surface area contributed by atoms with Crippen molar-refractivity contribution in [3.05, 3.63) is 259 Å². The van der Waals surface area contributed by atoms with Crippen LogP contribution in [0.1, 0.15) is 84.6 Å². The summed E-state index contributed by atoms with van der Waals surface area (Å²) in [6, 6.07) is 51.3. The minimum atomic E-state index is -2.71. The van der Waals surface area contributed by atoms with Gasteiger partial charge in [-0.2, -0.15) is 0 Å². The summed E-state index contributed by atoms with van der Waals surface area (Å²) in [6.07, 6.45) is 2.85. The van der Waals surface area contributed by atoms with Crippen molar-refractivity contribution in [2.75, 3.05) is 0 Å². The lowest BCUT2D eigenvalue weighted by molar-refractivity contribution is -0.185. The second-order valence-electron chi connectivity index (χ2n) is 20.3. The van der Waals surface area contributed by atoms with Gasteiger partial charge >= 0.3 is 35.1 Å². The van der Waals surface area contributed by atoms with E-state index in [-0.39, 0.29) is 82.5 Å². The van der Waals surface area contributed by atoms with E-state index in [1.54, 1.807) is 170 Å². The first-order valence-electron chi connectivity index (χ1n) is 26.8. The van der Waals surface area contributed by atoms with E-state index in [1.165, 1.54) is 24.3 Å². The van der Waals surface area contributed by atoms with Crippen molar-refractivity contribution in [1.29, 1.82) is 0 Å². The summed E-state index contributed by atoms with van der Waals surface area (Å²) in [7, 11) is 0. The molecule has 420 valence electrons. The summed E-state index contributed by atoms with van der Waals surface area (Å²) in [5, 5.41) is 0. The average Bonchev–Trinajstić information content (AvgIpc) is 1.54. The highest BCUT2D eigenvalue weighted by Crippen LogP contribution is 2.65. The quantitative estimate of drug-likeness (QED) is 0.0328. The van der Waals surface area contributed by atoms with E-state index >= 15 is 19.2 Å². The lowest BCUT2D eigenvalue weighted by Crippen LogP contribution is -2.52. The summed E-state index contributed by atoms with van der Waals surface area (Å²) < 4.78 is 39.0. The van der Waals surface area contributed by atoms with Gasteiger partial charge in [0.25, 0.3) is 0 Å². The van der Waals surface area contributed by atoms with E-state index in [2.05, 4.69) is 0 Å². The topological polar surface area (TPSA) is 192 Å². The maximum absolute atomic E-state index is 15.4. The van der Waals surface area contributed by atoms with E-state index in [0.29, 0.717) is 60.9 Å². The number of allylic oxidation sites excluding steroid dienone is 2. The zero-order valence-electron chi connectivity index (χ0n) is 44.7. The Labute approximate surface area is 504 Å². The first-order chi connectivity index (χ1) is 41.9. The number of benzene rings is 6.